The van der Waals surface area contributed by atoms with E-state index < -0.39 is 0 Å². The van der Waals surface area contributed by atoms with Crippen molar-refractivity contribution >= 4 is 46.3 Å². The first kappa shape index (κ1) is 22.4. The molecule has 0 N–H and O–H groups in total. The third kappa shape index (κ3) is 1.55. The van der Waals surface area contributed by atoms with Crippen LogP contribution in [0.1, 0.15) is 83.1 Å². The van der Waals surface area contributed by atoms with E-state index in [1.807, 2.05) is 0 Å². The van der Waals surface area contributed by atoms with Crippen LogP contribution < -0.4 is 0 Å². The number of rotatable bonds is 0. The summed E-state index contributed by atoms with van der Waals surface area (Å²) >= 11 is 0. The summed E-state index contributed by atoms with van der Waals surface area (Å²) in [5.74, 6) is 0. The van der Waals surface area contributed by atoms with E-state index in [1.165, 1.54) is 0 Å². The average Bonchev–Trinajstić information content (AvgIpc) is 2.59. The normalized spacial score (nSPS) is 58.9. The summed E-state index contributed by atoms with van der Waals surface area (Å²) in [7, 11) is 1.13. The van der Waals surface area contributed by atoms with Gasteiger partial charge in [0.2, 0.25) is 0 Å². The van der Waals surface area contributed by atoms with Gasteiger partial charge < -0.3 is 0 Å². The Morgan fingerprint density at radius 1 is 0.393 bits per heavy atom. The standard InChI is InChI=1S/C22H42P6/c1-15(2,3)19-23(13)28-20(16(4,5)6)24(14)27(19)21(17(7,8)9)25(19)22(28,26(20)21)18(10,11)12/h1-14H3. The Balaban J connectivity index is 1.90. The van der Waals surface area contributed by atoms with E-state index in [4.69, 9.17) is 0 Å². The van der Waals surface area contributed by atoms with Crippen LogP contribution in [0.2, 0.25) is 0 Å². The zero-order chi connectivity index (χ0) is 21.5. The highest BCUT2D eigenvalue weighted by molar-refractivity contribution is 8.71. The smallest absolute Gasteiger partial charge is 0.0463 e. The molecule has 5 heterocycles. The first-order valence-corrected chi connectivity index (χ1v) is 21.3. The lowest BCUT2D eigenvalue weighted by molar-refractivity contribution is 0.323. The third-order valence-electron chi connectivity index (χ3n) is 8.58. The van der Waals surface area contributed by atoms with Crippen LogP contribution in [0.25, 0.3) is 0 Å². The van der Waals surface area contributed by atoms with Gasteiger partial charge in [-0.25, -0.2) is 0 Å². The second kappa shape index (κ2) is 5.14. The fourth-order valence-electron chi connectivity index (χ4n) is 8.31. The van der Waals surface area contributed by atoms with E-state index in [2.05, 4.69) is 96.4 Å². The summed E-state index contributed by atoms with van der Waals surface area (Å²) in [4.78, 5) is 0. The number of hydrogen-bond acceptors (Lipinski definition) is 0. The monoisotopic (exact) mass is 492 g/mol. The Morgan fingerprint density at radius 2 is 0.607 bits per heavy atom. The summed E-state index contributed by atoms with van der Waals surface area (Å²) in [6.07, 6.45) is 0. The molecule has 0 saturated carbocycles. The van der Waals surface area contributed by atoms with Crippen molar-refractivity contribution in [1.29, 1.82) is 0 Å². The van der Waals surface area contributed by atoms with Crippen molar-refractivity contribution in [3.8, 4) is 0 Å². The Labute approximate surface area is 182 Å². The van der Waals surface area contributed by atoms with Crippen molar-refractivity contribution in [3.05, 3.63) is 0 Å². The highest BCUT2D eigenvalue weighted by Gasteiger charge is 3.12. The predicted octanol–water partition coefficient (Wildman–Crippen LogP) is 10.8. The quantitative estimate of drug-likeness (QED) is 0.295. The number of fused-ring (bicyclic) bond motifs is 2. The molecule has 0 aromatic heterocycles. The minimum atomic E-state index is 0.173. The minimum Gasteiger partial charge on any atom is -0.0653 e. The first-order valence-electron chi connectivity index (χ1n) is 11.0. The molecule has 6 atom stereocenters. The average molecular weight is 492 g/mol. The van der Waals surface area contributed by atoms with Gasteiger partial charge in [-0.3, -0.25) is 0 Å². The predicted molar refractivity (Wildman–Crippen MR) is 142 cm³/mol. The van der Waals surface area contributed by atoms with Crippen LogP contribution in [0.5, 0.6) is 0 Å². The van der Waals surface area contributed by atoms with Gasteiger partial charge in [0.25, 0.3) is 0 Å². The number of hydrogen-bond donors (Lipinski definition) is 0. The summed E-state index contributed by atoms with van der Waals surface area (Å²) in [5.41, 5.74) is 2.12. The largest absolute Gasteiger partial charge is 0.0653 e. The van der Waals surface area contributed by atoms with Crippen LogP contribution in [0, 0.1) is 21.7 Å². The Hall–Kier alpha value is 2.58. The summed E-state index contributed by atoms with van der Waals surface area (Å²) in [6, 6.07) is 0. The molecule has 0 aromatic carbocycles. The van der Waals surface area contributed by atoms with Gasteiger partial charge >= 0.3 is 0 Å². The maximum atomic E-state index is 2.86. The molecule has 0 spiro atoms. The van der Waals surface area contributed by atoms with Gasteiger partial charge in [0, 0.05) is 18.6 Å². The van der Waals surface area contributed by atoms with E-state index in [1.54, 1.807) is 0 Å². The van der Waals surface area contributed by atoms with Crippen molar-refractivity contribution in [2.75, 3.05) is 13.3 Å². The lowest BCUT2D eigenvalue weighted by atomic mass is 9.97. The van der Waals surface area contributed by atoms with Gasteiger partial charge in [-0.2, -0.15) is 0 Å². The molecule has 0 bridgehead atoms. The molecule has 28 heavy (non-hydrogen) atoms. The Morgan fingerprint density at radius 3 is 0.786 bits per heavy atom. The maximum absolute atomic E-state index is 2.86. The lowest BCUT2D eigenvalue weighted by Crippen LogP contribution is -2.72. The molecular formula is C22H42P6. The van der Waals surface area contributed by atoms with Crippen LogP contribution in [0.4, 0.5) is 0 Å². The third-order valence-corrected chi connectivity index (χ3v) is 56.0. The molecule has 5 aliphatic heterocycles. The molecule has 6 unspecified atom stereocenters. The minimum absolute atomic E-state index is 0.173. The van der Waals surface area contributed by atoms with Crippen LogP contribution >= 0.6 is 46.3 Å². The van der Waals surface area contributed by atoms with E-state index in [0.717, 1.165) is 18.6 Å². The van der Waals surface area contributed by atoms with Crippen molar-refractivity contribution in [1.82, 2.24) is 0 Å². The topological polar surface area (TPSA) is 0 Å². The lowest BCUT2D eigenvalue weighted by Gasteiger charge is -2.90. The summed E-state index contributed by atoms with van der Waals surface area (Å²) in [6.45, 7) is 37.9. The van der Waals surface area contributed by atoms with Gasteiger partial charge in [0.15, 0.2) is 0 Å². The zero-order valence-corrected chi connectivity index (χ0v) is 26.0. The Bertz CT molecular complexity index is 703. The van der Waals surface area contributed by atoms with Gasteiger partial charge in [-0.1, -0.05) is 114 Å². The van der Waals surface area contributed by atoms with E-state index in [-0.39, 0.29) is 46.3 Å². The second-order valence-corrected chi connectivity index (χ2v) is 36.8. The highest BCUT2D eigenvalue weighted by atomic mass is 32.1. The van der Waals surface area contributed by atoms with Crippen molar-refractivity contribution < 1.29 is 0 Å². The van der Waals surface area contributed by atoms with Crippen LogP contribution in [0.15, 0.2) is 0 Å². The SMILES string of the molecule is CP1P2C3(C(C)(C)C)P(C)P4C1(C(C)(C)C)P1C4(C(C)(C)C)P3C21C(C)(C)C. The molecule has 6 heteroatoms. The van der Waals surface area contributed by atoms with Crippen LogP contribution in [-0.4, -0.2) is 31.9 Å². The second-order valence-electron chi connectivity index (χ2n) is 13.9. The van der Waals surface area contributed by atoms with Crippen molar-refractivity contribution in [2.45, 2.75) is 102 Å². The first-order chi connectivity index (χ1) is 12.3. The molecule has 5 fully saturated rings. The molecular weight excluding hydrogens is 450 g/mol. The molecule has 5 saturated heterocycles. The van der Waals surface area contributed by atoms with Crippen LogP contribution in [-0.2, 0) is 0 Å². The summed E-state index contributed by atoms with van der Waals surface area (Å²) < 4.78 is 3.27. The molecule has 160 valence electrons. The maximum Gasteiger partial charge on any atom is 0.0463 e. The van der Waals surface area contributed by atoms with Gasteiger partial charge in [0.1, 0.15) is 0 Å². The molecule has 5 aliphatic rings. The van der Waals surface area contributed by atoms with Crippen LogP contribution in [0.3, 0.4) is 0 Å². The van der Waals surface area contributed by atoms with E-state index in [9.17, 15) is 0 Å². The fourth-order valence-corrected chi connectivity index (χ4v) is 88.4. The van der Waals surface area contributed by atoms with E-state index in [0.29, 0.717) is 21.7 Å². The molecule has 0 nitrogen and oxygen atoms in total. The molecule has 0 aromatic rings. The highest BCUT2D eigenvalue weighted by Crippen LogP contribution is 3.49. The molecule has 0 radical (unpaired) electrons. The van der Waals surface area contributed by atoms with Gasteiger partial charge in [-0.15, -0.1) is 0 Å². The fraction of sp³-hybridized carbons (Fsp3) is 1.00. The van der Waals surface area contributed by atoms with Gasteiger partial charge in [0.05, 0.1) is 0 Å². The van der Waals surface area contributed by atoms with E-state index >= 15 is 0 Å². The zero-order valence-electron chi connectivity index (χ0n) is 20.7. The van der Waals surface area contributed by atoms with Gasteiger partial charge in [-0.05, 0) is 50.2 Å². The molecule has 5 rings (SSSR count). The van der Waals surface area contributed by atoms with Crippen molar-refractivity contribution in [3.63, 3.8) is 0 Å². The van der Waals surface area contributed by atoms with Crippen molar-refractivity contribution in [2.24, 2.45) is 21.7 Å². The Kier molecular flexibility index (Phi) is 4.11. The summed E-state index contributed by atoms with van der Waals surface area (Å²) in [5, 5.41) is 0. The molecule has 0 amide bonds. The molecule has 0 aliphatic carbocycles.